The Morgan fingerprint density at radius 1 is 1.14 bits per heavy atom. The van der Waals surface area contributed by atoms with Crippen LogP contribution in [0, 0.1) is 13.8 Å². The van der Waals surface area contributed by atoms with Crippen molar-refractivity contribution in [3.63, 3.8) is 0 Å². The van der Waals surface area contributed by atoms with Gasteiger partial charge in [0.1, 0.15) is 5.82 Å². The predicted molar refractivity (Wildman–Crippen MR) is 108 cm³/mol. The molecule has 2 fully saturated rings. The van der Waals surface area contributed by atoms with Crippen molar-refractivity contribution in [2.45, 2.75) is 52.0 Å². The lowest BCUT2D eigenvalue weighted by Gasteiger charge is -2.34. The summed E-state index contributed by atoms with van der Waals surface area (Å²) in [5.74, 6) is 1.27. The fourth-order valence-corrected chi connectivity index (χ4v) is 4.55. The summed E-state index contributed by atoms with van der Waals surface area (Å²) in [7, 11) is 0. The van der Waals surface area contributed by atoms with E-state index in [0.29, 0.717) is 18.0 Å². The van der Waals surface area contributed by atoms with Gasteiger partial charge in [0, 0.05) is 37.5 Å². The monoisotopic (exact) mass is 394 g/mol. The number of hydrogen-bond acceptors (Lipinski definition) is 6. The Morgan fingerprint density at radius 2 is 1.93 bits per heavy atom. The lowest BCUT2D eigenvalue weighted by atomic mass is 9.99. The molecule has 1 amide bonds. The first kappa shape index (κ1) is 18.1. The molecule has 0 spiro atoms. The van der Waals surface area contributed by atoms with Gasteiger partial charge >= 0.3 is 0 Å². The lowest BCUT2D eigenvalue weighted by molar-refractivity contribution is 0.0572. The number of oxazole rings is 1. The molecule has 2 saturated heterocycles. The van der Waals surface area contributed by atoms with Crippen LogP contribution in [0.3, 0.4) is 0 Å². The molecule has 0 saturated carbocycles. The quantitative estimate of drug-likeness (QED) is 0.678. The first-order chi connectivity index (χ1) is 14.1. The number of rotatable bonds is 3. The maximum absolute atomic E-state index is 13.1. The van der Waals surface area contributed by atoms with E-state index < -0.39 is 0 Å². The third-order valence-corrected chi connectivity index (χ3v) is 6.07. The van der Waals surface area contributed by atoms with Gasteiger partial charge in [-0.3, -0.25) is 4.79 Å². The van der Waals surface area contributed by atoms with Crippen LogP contribution in [-0.2, 0) is 0 Å². The van der Waals surface area contributed by atoms with Gasteiger partial charge in [0.05, 0.1) is 17.4 Å². The van der Waals surface area contributed by atoms with Gasteiger partial charge in [0.25, 0.3) is 5.91 Å². The summed E-state index contributed by atoms with van der Waals surface area (Å²) in [5, 5.41) is 4.80. The molecule has 2 aliphatic rings. The SMILES string of the molecule is Cc1cn2nc(C3CCCCN3C(=O)c3ocnc3C)cc2nc1N1CCCC1. The summed E-state index contributed by atoms with van der Waals surface area (Å²) < 4.78 is 7.21. The fourth-order valence-electron chi connectivity index (χ4n) is 4.55. The molecule has 1 unspecified atom stereocenters. The number of carbonyl (C=O) groups excluding carboxylic acids is 1. The molecule has 3 aromatic rings. The minimum Gasteiger partial charge on any atom is -0.438 e. The predicted octanol–water partition coefficient (Wildman–Crippen LogP) is 3.30. The molecule has 0 aromatic carbocycles. The van der Waals surface area contributed by atoms with Gasteiger partial charge < -0.3 is 14.2 Å². The van der Waals surface area contributed by atoms with Crippen LogP contribution in [0.5, 0.6) is 0 Å². The molecule has 29 heavy (non-hydrogen) atoms. The van der Waals surface area contributed by atoms with Gasteiger partial charge in [-0.2, -0.15) is 5.10 Å². The third kappa shape index (κ3) is 3.16. The van der Waals surface area contributed by atoms with Crippen molar-refractivity contribution < 1.29 is 9.21 Å². The molecule has 0 aliphatic carbocycles. The zero-order valence-electron chi connectivity index (χ0n) is 17.0. The molecule has 3 aromatic heterocycles. The van der Waals surface area contributed by atoms with Crippen LogP contribution in [0.15, 0.2) is 23.1 Å². The molecule has 8 nitrogen and oxygen atoms in total. The Morgan fingerprint density at radius 3 is 2.69 bits per heavy atom. The maximum atomic E-state index is 13.1. The van der Waals surface area contributed by atoms with Crippen LogP contribution >= 0.6 is 0 Å². The Labute approximate surface area is 169 Å². The van der Waals surface area contributed by atoms with Crippen molar-refractivity contribution in [1.82, 2.24) is 24.5 Å². The molecule has 0 N–H and O–H groups in total. The normalized spacial score (nSPS) is 20.0. The fraction of sp³-hybridized carbons (Fsp3) is 0.524. The van der Waals surface area contributed by atoms with Gasteiger partial charge in [-0.15, -0.1) is 0 Å². The van der Waals surface area contributed by atoms with E-state index in [4.69, 9.17) is 14.5 Å². The summed E-state index contributed by atoms with van der Waals surface area (Å²) in [6.45, 7) is 6.71. The molecule has 152 valence electrons. The van der Waals surface area contributed by atoms with Gasteiger partial charge in [-0.05, 0) is 46.0 Å². The third-order valence-electron chi connectivity index (χ3n) is 6.07. The van der Waals surface area contributed by atoms with Crippen LogP contribution in [0.4, 0.5) is 5.82 Å². The Bertz CT molecular complexity index is 1050. The van der Waals surface area contributed by atoms with Crippen molar-refractivity contribution in [1.29, 1.82) is 0 Å². The first-order valence-corrected chi connectivity index (χ1v) is 10.4. The second kappa shape index (κ2) is 7.17. The summed E-state index contributed by atoms with van der Waals surface area (Å²) in [5.41, 5.74) is 3.48. The Kier molecular flexibility index (Phi) is 4.49. The Balaban J connectivity index is 1.49. The minimum atomic E-state index is -0.108. The van der Waals surface area contributed by atoms with Gasteiger partial charge in [0.2, 0.25) is 5.76 Å². The van der Waals surface area contributed by atoms with E-state index in [-0.39, 0.29) is 11.9 Å². The van der Waals surface area contributed by atoms with E-state index in [0.717, 1.165) is 55.1 Å². The Hall–Kier alpha value is -2.90. The van der Waals surface area contributed by atoms with E-state index in [1.165, 1.54) is 19.2 Å². The molecular weight excluding hydrogens is 368 g/mol. The van der Waals surface area contributed by atoms with Gasteiger partial charge in [-0.25, -0.2) is 14.5 Å². The van der Waals surface area contributed by atoms with Crippen LogP contribution in [-0.4, -0.2) is 50.0 Å². The molecule has 2 aliphatic heterocycles. The number of carbonyl (C=O) groups is 1. The van der Waals surface area contributed by atoms with Crippen molar-refractivity contribution in [2.75, 3.05) is 24.5 Å². The second-order valence-electron chi connectivity index (χ2n) is 8.09. The van der Waals surface area contributed by atoms with E-state index in [9.17, 15) is 4.79 Å². The highest BCUT2D eigenvalue weighted by Gasteiger charge is 2.33. The number of piperidine rings is 1. The molecule has 0 bridgehead atoms. The minimum absolute atomic E-state index is 0.0713. The summed E-state index contributed by atoms with van der Waals surface area (Å²) in [4.78, 5) is 26.3. The zero-order valence-corrected chi connectivity index (χ0v) is 17.0. The topological polar surface area (TPSA) is 79.8 Å². The average molecular weight is 394 g/mol. The smallest absolute Gasteiger partial charge is 0.292 e. The highest BCUT2D eigenvalue weighted by atomic mass is 16.3. The highest BCUT2D eigenvalue weighted by Crippen LogP contribution is 2.33. The van der Waals surface area contributed by atoms with Crippen molar-refractivity contribution >= 4 is 17.4 Å². The molecule has 1 atom stereocenters. The molecular formula is C21H26N6O2. The van der Waals surface area contributed by atoms with E-state index >= 15 is 0 Å². The first-order valence-electron chi connectivity index (χ1n) is 10.4. The molecule has 5 rings (SSSR count). The molecule has 0 radical (unpaired) electrons. The van der Waals surface area contributed by atoms with E-state index in [1.54, 1.807) is 6.92 Å². The molecule has 5 heterocycles. The number of aromatic nitrogens is 4. The summed E-state index contributed by atoms with van der Waals surface area (Å²) >= 11 is 0. The average Bonchev–Trinajstić information content (AvgIpc) is 3.47. The van der Waals surface area contributed by atoms with Crippen molar-refractivity contribution in [3.05, 3.63) is 41.4 Å². The number of fused-ring (bicyclic) bond motifs is 1. The number of nitrogens with zero attached hydrogens (tertiary/aromatic N) is 6. The second-order valence-corrected chi connectivity index (χ2v) is 8.09. The van der Waals surface area contributed by atoms with Crippen molar-refractivity contribution in [3.8, 4) is 0 Å². The number of hydrogen-bond donors (Lipinski definition) is 0. The largest absolute Gasteiger partial charge is 0.438 e. The van der Waals surface area contributed by atoms with Crippen LogP contribution in [0.1, 0.15) is 65.7 Å². The van der Waals surface area contributed by atoms with Gasteiger partial charge in [-0.1, -0.05) is 0 Å². The van der Waals surface area contributed by atoms with Gasteiger partial charge in [0.15, 0.2) is 12.0 Å². The van der Waals surface area contributed by atoms with E-state index in [1.807, 2.05) is 15.5 Å². The molecule has 8 heteroatoms. The highest BCUT2D eigenvalue weighted by molar-refractivity contribution is 5.92. The van der Waals surface area contributed by atoms with Crippen molar-refractivity contribution in [2.24, 2.45) is 0 Å². The van der Waals surface area contributed by atoms with Crippen LogP contribution in [0.2, 0.25) is 0 Å². The maximum Gasteiger partial charge on any atom is 0.292 e. The summed E-state index contributed by atoms with van der Waals surface area (Å²) in [6, 6.07) is 1.96. The van der Waals surface area contributed by atoms with E-state index in [2.05, 4.69) is 23.0 Å². The standard InChI is InChI=1S/C21H26N6O2/c1-14-12-27-18(23-20(14)25-8-5-6-9-25)11-16(24-27)17-7-3-4-10-26(17)21(28)19-15(2)22-13-29-19/h11-13,17H,3-10H2,1-2H3. The zero-order chi connectivity index (χ0) is 20.0. The number of aryl methyl sites for hydroxylation is 2. The number of anilines is 1. The lowest BCUT2D eigenvalue weighted by Crippen LogP contribution is -2.38. The summed E-state index contributed by atoms with van der Waals surface area (Å²) in [6.07, 6.45) is 8.77. The van der Waals surface area contributed by atoms with Crippen LogP contribution < -0.4 is 4.90 Å². The number of amides is 1. The van der Waals surface area contributed by atoms with Crippen LogP contribution in [0.25, 0.3) is 5.65 Å². The number of likely N-dealkylation sites (tertiary alicyclic amines) is 1.